The van der Waals surface area contributed by atoms with Gasteiger partial charge >= 0.3 is 0 Å². The number of piperidine rings is 1. The van der Waals surface area contributed by atoms with Crippen molar-refractivity contribution in [2.24, 2.45) is 0 Å². The minimum Gasteiger partial charge on any atom is -0.490 e. The predicted octanol–water partition coefficient (Wildman–Crippen LogP) is 4.96. The van der Waals surface area contributed by atoms with Crippen molar-refractivity contribution in [1.82, 2.24) is 10.3 Å². The Kier molecular flexibility index (Phi) is 8.60. The first-order valence-corrected chi connectivity index (χ1v) is 12.1. The van der Waals surface area contributed by atoms with Crippen molar-refractivity contribution in [2.45, 2.75) is 70.1 Å². The highest BCUT2D eigenvalue weighted by molar-refractivity contribution is 5.49. The van der Waals surface area contributed by atoms with Crippen LogP contribution in [0.15, 0.2) is 48.8 Å². The Bertz CT molecular complexity index is 764. The third-order valence-electron chi connectivity index (χ3n) is 6.46. The normalized spacial score (nSPS) is 21.4. The van der Waals surface area contributed by atoms with Gasteiger partial charge in [0.25, 0.3) is 0 Å². The fourth-order valence-corrected chi connectivity index (χ4v) is 4.73. The molecule has 2 aliphatic rings. The van der Waals surface area contributed by atoms with E-state index < -0.39 is 0 Å². The number of pyridine rings is 1. The zero-order valence-corrected chi connectivity index (χ0v) is 18.7. The average Bonchev–Trinajstić information content (AvgIpc) is 3.35. The van der Waals surface area contributed by atoms with Crippen molar-refractivity contribution in [1.29, 1.82) is 0 Å². The fraction of sp³-hybridized carbons (Fsp3) is 0.577. The third-order valence-corrected chi connectivity index (χ3v) is 6.46. The number of hydrogen-bond acceptors (Lipinski definition) is 5. The molecule has 4 rings (SSSR count). The van der Waals surface area contributed by atoms with Crippen LogP contribution in [0.3, 0.4) is 0 Å². The molecule has 1 aromatic carbocycles. The number of ether oxygens (including phenoxy) is 2. The number of aromatic nitrogens is 1. The minimum atomic E-state index is 0.482. The zero-order valence-electron chi connectivity index (χ0n) is 18.7. The third kappa shape index (κ3) is 6.94. The molecule has 0 spiro atoms. The van der Waals surface area contributed by atoms with E-state index in [2.05, 4.69) is 45.5 Å². The molecule has 31 heavy (non-hydrogen) atoms. The molecule has 0 bridgehead atoms. The van der Waals surface area contributed by atoms with E-state index in [1.54, 1.807) is 0 Å². The van der Waals surface area contributed by atoms with Gasteiger partial charge in [0.05, 0.1) is 24.7 Å². The molecule has 2 saturated heterocycles. The van der Waals surface area contributed by atoms with Gasteiger partial charge in [0.2, 0.25) is 0 Å². The molecule has 1 aromatic heterocycles. The summed E-state index contributed by atoms with van der Waals surface area (Å²) in [5.74, 6) is 0.893. The van der Waals surface area contributed by atoms with Gasteiger partial charge in [-0.1, -0.05) is 30.3 Å². The molecule has 0 amide bonds. The monoisotopic (exact) mass is 423 g/mol. The number of rotatable bonds is 11. The highest BCUT2D eigenvalue weighted by Crippen LogP contribution is 2.29. The van der Waals surface area contributed by atoms with E-state index in [9.17, 15) is 0 Å². The molecule has 2 atom stereocenters. The van der Waals surface area contributed by atoms with E-state index in [1.165, 1.54) is 56.2 Å². The average molecular weight is 424 g/mol. The van der Waals surface area contributed by atoms with E-state index in [0.29, 0.717) is 18.7 Å². The van der Waals surface area contributed by atoms with Gasteiger partial charge in [-0.15, -0.1) is 0 Å². The summed E-state index contributed by atoms with van der Waals surface area (Å²) < 4.78 is 11.9. The van der Waals surface area contributed by atoms with Gasteiger partial charge in [-0.2, -0.15) is 0 Å². The summed E-state index contributed by atoms with van der Waals surface area (Å²) in [6.45, 7) is 4.51. The van der Waals surface area contributed by atoms with Gasteiger partial charge in [0.1, 0.15) is 12.4 Å². The molecule has 0 radical (unpaired) electrons. The van der Waals surface area contributed by atoms with Gasteiger partial charge in [0, 0.05) is 31.3 Å². The molecule has 3 heterocycles. The van der Waals surface area contributed by atoms with Crippen LogP contribution in [0.25, 0.3) is 0 Å². The van der Waals surface area contributed by atoms with Crippen molar-refractivity contribution in [3.05, 3.63) is 54.4 Å². The van der Waals surface area contributed by atoms with Gasteiger partial charge in [-0.05, 0) is 63.5 Å². The van der Waals surface area contributed by atoms with Crippen LogP contribution in [0.5, 0.6) is 5.75 Å². The Balaban J connectivity index is 1.22. The maximum Gasteiger partial charge on any atom is 0.139 e. The fourth-order valence-electron chi connectivity index (χ4n) is 4.73. The van der Waals surface area contributed by atoms with Crippen LogP contribution >= 0.6 is 0 Å². The van der Waals surface area contributed by atoms with Gasteiger partial charge in [-0.3, -0.25) is 4.98 Å². The SMILES string of the molecule is c1ccc(COCCCC[C@@H]2CCCCN2c2cncc(OC[C@@H]3CCCN3)c2)cc1. The van der Waals surface area contributed by atoms with E-state index in [1.807, 2.05) is 18.5 Å². The molecule has 5 heteroatoms. The number of nitrogens with one attached hydrogen (secondary N) is 1. The first-order chi connectivity index (χ1) is 15.4. The standard InChI is InChI=1S/C26H37N3O2/c1-2-9-22(10-3-1)20-30-16-7-5-13-24-12-4-6-15-29(24)25-17-26(19-27-18-25)31-21-23-11-8-14-28-23/h1-3,9-10,17-19,23-24,28H,4-8,11-16,20-21H2/t23-,24-/m0/s1. The predicted molar refractivity (Wildman–Crippen MR) is 126 cm³/mol. The maximum absolute atomic E-state index is 6.05. The lowest BCUT2D eigenvalue weighted by molar-refractivity contribution is 0.116. The second kappa shape index (κ2) is 12.1. The Morgan fingerprint density at radius 2 is 1.97 bits per heavy atom. The lowest BCUT2D eigenvalue weighted by Crippen LogP contribution is -2.39. The van der Waals surface area contributed by atoms with E-state index in [4.69, 9.17) is 9.47 Å². The molecule has 1 N–H and O–H groups in total. The molecule has 2 aliphatic heterocycles. The van der Waals surface area contributed by atoms with Crippen LogP contribution in [0.1, 0.15) is 56.9 Å². The van der Waals surface area contributed by atoms with E-state index in [-0.39, 0.29) is 0 Å². The molecule has 168 valence electrons. The quantitative estimate of drug-likeness (QED) is 0.518. The highest BCUT2D eigenvalue weighted by Gasteiger charge is 2.23. The Hall–Kier alpha value is -2.11. The zero-order chi connectivity index (χ0) is 21.1. The molecule has 0 aliphatic carbocycles. The Morgan fingerprint density at radius 1 is 1.03 bits per heavy atom. The summed E-state index contributed by atoms with van der Waals surface area (Å²) in [5.41, 5.74) is 2.46. The number of hydrogen-bond donors (Lipinski definition) is 1. The summed E-state index contributed by atoms with van der Waals surface area (Å²) in [7, 11) is 0. The van der Waals surface area contributed by atoms with E-state index >= 15 is 0 Å². The Morgan fingerprint density at radius 3 is 2.84 bits per heavy atom. The Labute approximate surface area is 187 Å². The first kappa shape index (κ1) is 22.1. The van der Waals surface area contributed by atoms with Crippen molar-refractivity contribution in [3.63, 3.8) is 0 Å². The molecule has 0 saturated carbocycles. The molecule has 5 nitrogen and oxygen atoms in total. The lowest BCUT2D eigenvalue weighted by Gasteiger charge is -2.37. The van der Waals surface area contributed by atoms with Crippen LogP contribution in [-0.2, 0) is 11.3 Å². The lowest BCUT2D eigenvalue weighted by atomic mass is 9.96. The second-order valence-corrected chi connectivity index (χ2v) is 8.86. The summed E-state index contributed by atoms with van der Waals surface area (Å²) in [4.78, 5) is 7.04. The van der Waals surface area contributed by atoms with Crippen LogP contribution in [-0.4, -0.2) is 43.4 Å². The van der Waals surface area contributed by atoms with Crippen LogP contribution in [0.2, 0.25) is 0 Å². The number of nitrogens with zero attached hydrogens (tertiary/aromatic N) is 2. The second-order valence-electron chi connectivity index (χ2n) is 8.86. The molecular formula is C26H37N3O2. The van der Waals surface area contributed by atoms with E-state index in [0.717, 1.165) is 38.5 Å². The van der Waals surface area contributed by atoms with Crippen LogP contribution in [0, 0.1) is 0 Å². The molecule has 0 unspecified atom stereocenters. The topological polar surface area (TPSA) is 46.6 Å². The van der Waals surface area contributed by atoms with Crippen molar-refractivity contribution >= 4 is 5.69 Å². The maximum atomic E-state index is 6.05. The number of unbranched alkanes of at least 4 members (excludes halogenated alkanes) is 1. The molecule has 2 aromatic rings. The number of benzene rings is 1. The van der Waals surface area contributed by atoms with Gasteiger partial charge in [-0.25, -0.2) is 0 Å². The summed E-state index contributed by atoms with van der Waals surface area (Å²) in [5, 5.41) is 3.49. The number of anilines is 1. The minimum absolute atomic E-state index is 0.482. The summed E-state index contributed by atoms with van der Waals surface area (Å²) in [6, 6.07) is 13.7. The summed E-state index contributed by atoms with van der Waals surface area (Å²) >= 11 is 0. The van der Waals surface area contributed by atoms with Crippen molar-refractivity contribution in [3.8, 4) is 5.75 Å². The van der Waals surface area contributed by atoms with Crippen molar-refractivity contribution in [2.75, 3.05) is 31.2 Å². The summed E-state index contributed by atoms with van der Waals surface area (Å²) in [6.07, 6.45) is 13.7. The van der Waals surface area contributed by atoms with Crippen LogP contribution in [0.4, 0.5) is 5.69 Å². The van der Waals surface area contributed by atoms with Gasteiger partial charge in [0.15, 0.2) is 0 Å². The van der Waals surface area contributed by atoms with Crippen LogP contribution < -0.4 is 15.0 Å². The van der Waals surface area contributed by atoms with Crippen molar-refractivity contribution < 1.29 is 9.47 Å². The largest absolute Gasteiger partial charge is 0.490 e. The highest BCUT2D eigenvalue weighted by atomic mass is 16.5. The smallest absolute Gasteiger partial charge is 0.139 e. The van der Waals surface area contributed by atoms with Gasteiger partial charge < -0.3 is 19.7 Å². The first-order valence-electron chi connectivity index (χ1n) is 12.1. The molecule has 2 fully saturated rings. The molecular weight excluding hydrogens is 386 g/mol.